The molecule has 0 aliphatic carbocycles. The number of amides is 3. The molecule has 2 aromatic rings. The van der Waals surface area contributed by atoms with Crippen LogP contribution in [0.25, 0.3) is 0 Å². The van der Waals surface area contributed by atoms with Gasteiger partial charge >= 0.3 is 5.97 Å². The molecule has 1 aliphatic rings. The van der Waals surface area contributed by atoms with Crippen LogP contribution in [0.3, 0.4) is 0 Å². The Labute approximate surface area is 186 Å². The molecule has 0 aromatic heterocycles. The fraction of sp³-hybridized carbons (Fsp3) is 0.200. The number of hydrogen-bond donors (Lipinski definition) is 2. The van der Waals surface area contributed by atoms with Crippen LogP contribution in [-0.2, 0) is 19.1 Å². The molecule has 0 spiro atoms. The molecule has 12 heteroatoms. The van der Waals surface area contributed by atoms with Crippen LogP contribution in [0.2, 0.25) is 5.02 Å². The van der Waals surface area contributed by atoms with Crippen LogP contribution in [0.15, 0.2) is 48.5 Å². The minimum atomic E-state index is -0.803. The number of carbonyl (C=O) groups is 4. The van der Waals surface area contributed by atoms with Crippen molar-refractivity contribution in [3.8, 4) is 0 Å². The number of nitrogens with one attached hydrogen (secondary N) is 2. The lowest BCUT2D eigenvalue weighted by Gasteiger charge is -2.16. The first-order valence-electron chi connectivity index (χ1n) is 9.31. The number of halogens is 1. The molecule has 3 amide bonds. The van der Waals surface area contributed by atoms with Gasteiger partial charge in [-0.2, -0.15) is 0 Å². The first-order valence-corrected chi connectivity index (χ1v) is 9.69. The molecule has 166 valence electrons. The molecule has 1 heterocycles. The minimum absolute atomic E-state index is 0.0142. The van der Waals surface area contributed by atoms with Gasteiger partial charge in [0.15, 0.2) is 6.61 Å². The van der Waals surface area contributed by atoms with Crippen LogP contribution >= 0.6 is 11.6 Å². The zero-order valence-corrected chi connectivity index (χ0v) is 17.2. The number of hydrazine groups is 1. The highest BCUT2D eigenvalue weighted by molar-refractivity contribution is 6.33. The molecule has 11 nitrogen and oxygen atoms in total. The second-order valence-electron chi connectivity index (χ2n) is 6.77. The van der Waals surface area contributed by atoms with Crippen molar-refractivity contribution < 1.29 is 28.8 Å². The first-order chi connectivity index (χ1) is 15.3. The van der Waals surface area contributed by atoms with Crippen molar-refractivity contribution in [3.05, 3.63) is 69.2 Å². The van der Waals surface area contributed by atoms with Crippen molar-refractivity contribution in [3.63, 3.8) is 0 Å². The van der Waals surface area contributed by atoms with Crippen LogP contribution < -0.4 is 15.8 Å². The lowest BCUT2D eigenvalue weighted by Crippen LogP contribution is -2.44. The second kappa shape index (κ2) is 9.88. The number of ether oxygens (including phenoxy) is 1. The number of nitro benzene ring substituents is 1. The third-order valence-electron chi connectivity index (χ3n) is 4.61. The molecule has 2 aromatic carbocycles. The lowest BCUT2D eigenvalue weighted by molar-refractivity contribution is -0.384. The predicted molar refractivity (Wildman–Crippen MR) is 112 cm³/mol. The molecular weight excluding hydrogens is 444 g/mol. The molecule has 0 bridgehead atoms. The highest BCUT2D eigenvalue weighted by Crippen LogP contribution is 2.27. The number of non-ortho nitro benzene ring substituents is 1. The fourth-order valence-electron chi connectivity index (χ4n) is 3.00. The summed E-state index contributed by atoms with van der Waals surface area (Å²) in [7, 11) is 0. The number of anilines is 1. The Morgan fingerprint density at radius 2 is 1.81 bits per heavy atom. The SMILES string of the molecule is O=C(COC(=O)[C@@H]1CC(=O)N(c2ccc([N+](=O)[O-])cc2)C1)NNC(=O)c1ccccc1Cl. The third-order valence-corrected chi connectivity index (χ3v) is 4.94. The lowest BCUT2D eigenvalue weighted by atomic mass is 10.1. The second-order valence-corrected chi connectivity index (χ2v) is 7.18. The molecule has 0 unspecified atom stereocenters. The quantitative estimate of drug-likeness (QED) is 0.378. The van der Waals surface area contributed by atoms with Crippen LogP contribution in [0.1, 0.15) is 16.8 Å². The smallest absolute Gasteiger partial charge is 0.311 e. The summed E-state index contributed by atoms with van der Waals surface area (Å²) in [6.45, 7) is -0.649. The van der Waals surface area contributed by atoms with Gasteiger partial charge in [0.2, 0.25) is 5.91 Å². The molecule has 1 atom stereocenters. The molecular formula is C20H17ClN4O7. The maximum Gasteiger partial charge on any atom is 0.311 e. The van der Waals surface area contributed by atoms with Crippen molar-refractivity contribution >= 4 is 46.7 Å². The molecule has 32 heavy (non-hydrogen) atoms. The number of esters is 1. The van der Waals surface area contributed by atoms with Gasteiger partial charge in [-0.3, -0.25) is 40.1 Å². The Morgan fingerprint density at radius 1 is 1.12 bits per heavy atom. The van der Waals surface area contributed by atoms with Crippen LogP contribution in [0, 0.1) is 16.0 Å². The summed E-state index contributed by atoms with van der Waals surface area (Å²) in [5.41, 5.74) is 4.71. The Morgan fingerprint density at radius 3 is 2.47 bits per heavy atom. The maximum atomic E-state index is 12.2. The van der Waals surface area contributed by atoms with E-state index in [2.05, 4.69) is 10.9 Å². The van der Waals surface area contributed by atoms with Crippen LogP contribution in [-0.4, -0.2) is 41.8 Å². The molecule has 2 N–H and O–H groups in total. The number of hydrogen-bond acceptors (Lipinski definition) is 7. The first kappa shape index (κ1) is 22.7. The van der Waals surface area contributed by atoms with E-state index in [9.17, 15) is 29.3 Å². The van der Waals surface area contributed by atoms with Crippen molar-refractivity contribution in [1.82, 2.24) is 10.9 Å². The summed E-state index contributed by atoms with van der Waals surface area (Å²) in [5, 5.41) is 10.9. The Hall–Kier alpha value is -3.99. The predicted octanol–water partition coefficient (Wildman–Crippen LogP) is 1.61. The average molecular weight is 461 g/mol. The van der Waals surface area contributed by atoms with E-state index in [0.29, 0.717) is 5.69 Å². The average Bonchev–Trinajstić information content (AvgIpc) is 3.17. The van der Waals surface area contributed by atoms with E-state index >= 15 is 0 Å². The van der Waals surface area contributed by atoms with Gasteiger partial charge in [-0.1, -0.05) is 23.7 Å². The molecule has 1 saturated heterocycles. The minimum Gasteiger partial charge on any atom is -0.455 e. The summed E-state index contributed by atoms with van der Waals surface area (Å²) in [6, 6.07) is 11.6. The van der Waals surface area contributed by atoms with E-state index in [1.807, 2.05) is 0 Å². The monoisotopic (exact) mass is 460 g/mol. The van der Waals surface area contributed by atoms with E-state index in [0.717, 1.165) is 0 Å². The summed E-state index contributed by atoms with van der Waals surface area (Å²) < 4.78 is 4.94. The Balaban J connectivity index is 1.47. The van der Waals surface area contributed by atoms with E-state index in [-0.39, 0.29) is 35.1 Å². The zero-order chi connectivity index (χ0) is 23.3. The standard InChI is InChI=1S/C20H17ClN4O7/c21-16-4-2-1-3-15(16)19(28)23-22-17(26)11-32-20(29)12-9-18(27)24(10-12)13-5-7-14(8-6-13)25(30)31/h1-8,12H,9-11H2,(H,22,26)(H,23,28)/t12-/m1/s1. The van der Waals surface area contributed by atoms with Gasteiger partial charge in [0, 0.05) is 30.8 Å². The molecule has 3 rings (SSSR count). The van der Waals surface area contributed by atoms with Crippen LogP contribution in [0.5, 0.6) is 0 Å². The summed E-state index contributed by atoms with van der Waals surface area (Å²) in [5.74, 6) is -3.33. The topological polar surface area (TPSA) is 148 Å². The molecule has 0 saturated carbocycles. The summed E-state index contributed by atoms with van der Waals surface area (Å²) >= 11 is 5.89. The number of benzene rings is 2. The van der Waals surface area contributed by atoms with Gasteiger partial charge in [0.1, 0.15) is 0 Å². The largest absolute Gasteiger partial charge is 0.455 e. The van der Waals surface area contributed by atoms with Gasteiger partial charge < -0.3 is 9.64 Å². The normalized spacial score (nSPS) is 15.2. The Kier molecular flexibility index (Phi) is 7.00. The van der Waals surface area contributed by atoms with Crippen molar-refractivity contribution in [2.24, 2.45) is 5.92 Å². The third kappa shape index (κ3) is 5.38. The zero-order valence-electron chi connectivity index (χ0n) is 16.4. The van der Waals surface area contributed by atoms with Gasteiger partial charge in [-0.25, -0.2) is 0 Å². The number of rotatable bonds is 6. The van der Waals surface area contributed by atoms with Gasteiger partial charge in [-0.15, -0.1) is 0 Å². The number of nitro groups is 1. The number of carbonyl (C=O) groups excluding carboxylic acids is 4. The van der Waals surface area contributed by atoms with E-state index in [1.165, 1.54) is 41.3 Å². The van der Waals surface area contributed by atoms with Crippen molar-refractivity contribution in [1.29, 1.82) is 0 Å². The van der Waals surface area contributed by atoms with Crippen molar-refractivity contribution in [2.45, 2.75) is 6.42 Å². The Bertz CT molecular complexity index is 1070. The molecule has 1 fully saturated rings. The molecule has 1 aliphatic heterocycles. The summed E-state index contributed by atoms with van der Waals surface area (Å²) in [6.07, 6.45) is -0.124. The maximum absolute atomic E-state index is 12.2. The van der Waals surface area contributed by atoms with E-state index in [4.69, 9.17) is 16.3 Å². The van der Waals surface area contributed by atoms with Crippen molar-refractivity contribution in [2.75, 3.05) is 18.1 Å². The van der Waals surface area contributed by atoms with E-state index in [1.54, 1.807) is 12.1 Å². The highest BCUT2D eigenvalue weighted by Gasteiger charge is 2.36. The number of nitrogens with zero attached hydrogens (tertiary/aromatic N) is 2. The van der Waals surface area contributed by atoms with Crippen LogP contribution in [0.4, 0.5) is 11.4 Å². The van der Waals surface area contributed by atoms with Gasteiger partial charge in [0.05, 0.1) is 21.4 Å². The molecule has 0 radical (unpaired) electrons. The summed E-state index contributed by atoms with van der Waals surface area (Å²) in [4.78, 5) is 59.8. The van der Waals surface area contributed by atoms with E-state index < -0.39 is 35.2 Å². The van der Waals surface area contributed by atoms with Gasteiger partial charge in [-0.05, 0) is 24.3 Å². The van der Waals surface area contributed by atoms with Gasteiger partial charge in [0.25, 0.3) is 17.5 Å². The highest BCUT2D eigenvalue weighted by atomic mass is 35.5. The fourth-order valence-corrected chi connectivity index (χ4v) is 3.22.